The zero-order valence-corrected chi connectivity index (χ0v) is 11.9. The predicted octanol–water partition coefficient (Wildman–Crippen LogP) is 2.69. The van der Waals surface area contributed by atoms with Gasteiger partial charge in [-0.2, -0.15) is 11.8 Å². The first-order valence-electron chi connectivity index (χ1n) is 6.37. The lowest BCUT2D eigenvalue weighted by Gasteiger charge is -2.14. The molecule has 1 fully saturated rings. The van der Waals surface area contributed by atoms with Crippen molar-refractivity contribution in [3.05, 3.63) is 23.8 Å². The van der Waals surface area contributed by atoms with E-state index in [4.69, 9.17) is 9.47 Å². The van der Waals surface area contributed by atoms with Crippen molar-refractivity contribution < 1.29 is 9.47 Å². The first kappa shape index (κ1) is 13.6. The molecule has 0 bridgehead atoms. The molecule has 1 N–H and O–H groups in total. The van der Waals surface area contributed by atoms with Gasteiger partial charge in [0.05, 0.1) is 14.2 Å². The molecule has 2 rings (SSSR count). The SMILES string of the molecule is COc1cccc(CNCC2CCCS2)c1OC. The summed E-state index contributed by atoms with van der Waals surface area (Å²) in [5.74, 6) is 2.95. The molecule has 1 aliphatic heterocycles. The average Bonchev–Trinajstić information content (AvgIpc) is 2.91. The summed E-state index contributed by atoms with van der Waals surface area (Å²) in [4.78, 5) is 0. The minimum atomic E-state index is 0.779. The van der Waals surface area contributed by atoms with Crippen LogP contribution in [0.5, 0.6) is 11.5 Å². The molecule has 1 atom stereocenters. The number of hydrogen-bond acceptors (Lipinski definition) is 4. The van der Waals surface area contributed by atoms with Crippen molar-refractivity contribution in [1.29, 1.82) is 0 Å². The van der Waals surface area contributed by atoms with E-state index in [2.05, 4.69) is 23.1 Å². The van der Waals surface area contributed by atoms with Gasteiger partial charge in [-0.25, -0.2) is 0 Å². The number of thioether (sulfide) groups is 1. The predicted molar refractivity (Wildman–Crippen MR) is 76.7 cm³/mol. The Labute approximate surface area is 113 Å². The van der Waals surface area contributed by atoms with Crippen LogP contribution in [-0.2, 0) is 6.54 Å². The second kappa shape index (κ2) is 6.90. The Bertz CT molecular complexity index is 378. The fourth-order valence-electron chi connectivity index (χ4n) is 2.27. The molecule has 0 aromatic heterocycles. The van der Waals surface area contributed by atoms with Gasteiger partial charge in [0.2, 0.25) is 0 Å². The highest BCUT2D eigenvalue weighted by atomic mass is 32.2. The Balaban J connectivity index is 1.91. The summed E-state index contributed by atoms with van der Waals surface area (Å²) in [6.07, 6.45) is 2.70. The fraction of sp³-hybridized carbons (Fsp3) is 0.571. The van der Waals surface area contributed by atoms with E-state index in [9.17, 15) is 0 Å². The smallest absolute Gasteiger partial charge is 0.165 e. The zero-order valence-electron chi connectivity index (χ0n) is 11.1. The van der Waals surface area contributed by atoms with Crippen molar-refractivity contribution in [2.45, 2.75) is 24.6 Å². The van der Waals surface area contributed by atoms with Gasteiger partial charge >= 0.3 is 0 Å². The molecular weight excluding hydrogens is 246 g/mol. The van der Waals surface area contributed by atoms with Crippen LogP contribution in [0, 0.1) is 0 Å². The summed E-state index contributed by atoms with van der Waals surface area (Å²) in [5.41, 5.74) is 1.15. The van der Waals surface area contributed by atoms with Gasteiger partial charge in [-0.05, 0) is 24.7 Å². The molecule has 1 aliphatic rings. The fourth-order valence-corrected chi connectivity index (χ4v) is 3.50. The van der Waals surface area contributed by atoms with Crippen molar-refractivity contribution in [1.82, 2.24) is 5.32 Å². The molecule has 1 heterocycles. The molecule has 1 saturated heterocycles. The lowest BCUT2D eigenvalue weighted by Crippen LogP contribution is -2.22. The molecule has 4 heteroatoms. The molecule has 0 spiro atoms. The van der Waals surface area contributed by atoms with E-state index in [0.29, 0.717) is 0 Å². The quantitative estimate of drug-likeness (QED) is 0.858. The van der Waals surface area contributed by atoms with Gasteiger partial charge in [0.25, 0.3) is 0 Å². The molecule has 0 saturated carbocycles. The van der Waals surface area contributed by atoms with Gasteiger partial charge in [0.1, 0.15) is 0 Å². The number of ether oxygens (including phenoxy) is 2. The number of methoxy groups -OCH3 is 2. The molecule has 1 aromatic rings. The van der Waals surface area contributed by atoms with Crippen molar-refractivity contribution >= 4 is 11.8 Å². The summed E-state index contributed by atoms with van der Waals surface area (Å²) in [7, 11) is 3.36. The third-order valence-electron chi connectivity index (χ3n) is 3.20. The molecule has 3 nitrogen and oxygen atoms in total. The van der Waals surface area contributed by atoms with E-state index in [1.807, 2.05) is 12.1 Å². The number of para-hydroxylation sites is 1. The Hall–Kier alpha value is -0.870. The van der Waals surface area contributed by atoms with Gasteiger partial charge in [-0.1, -0.05) is 12.1 Å². The van der Waals surface area contributed by atoms with Gasteiger partial charge < -0.3 is 14.8 Å². The third kappa shape index (κ3) is 3.33. The Morgan fingerprint density at radius 2 is 2.22 bits per heavy atom. The van der Waals surface area contributed by atoms with Crippen molar-refractivity contribution in [2.24, 2.45) is 0 Å². The molecule has 0 amide bonds. The highest BCUT2D eigenvalue weighted by Crippen LogP contribution is 2.30. The zero-order chi connectivity index (χ0) is 12.8. The van der Waals surface area contributed by atoms with Gasteiger partial charge in [0, 0.05) is 23.9 Å². The van der Waals surface area contributed by atoms with Crippen molar-refractivity contribution in [2.75, 3.05) is 26.5 Å². The van der Waals surface area contributed by atoms with Crippen LogP contribution in [0.25, 0.3) is 0 Å². The van der Waals surface area contributed by atoms with E-state index in [1.165, 1.54) is 18.6 Å². The van der Waals surface area contributed by atoms with E-state index in [0.717, 1.165) is 35.4 Å². The van der Waals surface area contributed by atoms with Crippen LogP contribution in [0.15, 0.2) is 18.2 Å². The van der Waals surface area contributed by atoms with E-state index >= 15 is 0 Å². The van der Waals surface area contributed by atoms with Crippen molar-refractivity contribution in [3.63, 3.8) is 0 Å². The molecular formula is C14H21NO2S. The largest absolute Gasteiger partial charge is 0.493 e. The van der Waals surface area contributed by atoms with E-state index in [-0.39, 0.29) is 0 Å². The average molecular weight is 267 g/mol. The molecule has 1 aromatic carbocycles. The van der Waals surface area contributed by atoms with Gasteiger partial charge in [-0.3, -0.25) is 0 Å². The maximum Gasteiger partial charge on any atom is 0.165 e. The Kier molecular flexibility index (Phi) is 5.20. The highest BCUT2D eigenvalue weighted by molar-refractivity contribution is 8.00. The Morgan fingerprint density at radius 1 is 1.33 bits per heavy atom. The van der Waals surface area contributed by atoms with Gasteiger partial charge in [0.15, 0.2) is 11.5 Å². The maximum absolute atomic E-state index is 5.42. The van der Waals surface area contributed by atoms with Crippen LogP contribution >= 0.6 is 11.8 Å². The van der Waals surface area contributed by atoms with E-state index < -0.39 is 0 Å². The molecule has 0 radical (unpaired) electrons. The number of benzene rings is 1. The van der Waals surface area contributed by atoms with Crippen LogP contribution in [0.3, 0.4) is 0 Å². The normalized spacial score (nSPS) is 18.9. The van der Waals surface area contributed by atoms with Crippen LogP contribution in [-0.4, -0.2) is 31.8 Å². The minimum Gasteiger partial charge on any atom is -0.493 e. The topological polar surface area (TPSA) is 30.5 Å². The molecule has 100 valence electrons. The third-order valence-corrected chi connectivity index (χ3v) is 4.59. The van der Waals surface area contributed by atoms with Crippen LogP contribution in [0.4, 0.5) is 0 Å². The molecule has 1 unspecified atom stereocenters. The molecule has 0 aliphatic carbocycles. The first-order valence-corrected chi connectivity index (χ1v) is 7.42. The van der Waals surface area contributed by atoms with E-state index in [1.54, 1.807) is 14.2 Å². The lowest BCUT2D eigenvalue weighted by molar-refractivity contribution is 0.350. The maximum atomic E-state index is 5.42. The standard InChI is InChI=1S/C14H21NO2S/c1-16-13-7-3-5-11(14(13)17-2)9-15-10-12-6-4-8-18-12/h3,5,7,12,15H,4,6,8-10H2,1-2H3. The summed E-state index contributed by atoms with van der Waals surface area (Å²) < 4.78 is 10.7. The first-order chi connectivity index (χ1) is 8.85. The number of rotatable bonds is 6. The number of nitrogens with one attached hydrogen (secondary N) is 1. The second-order valence-electron chi connectivity index (χ2n) is 4.42. The summed E-state index contributed by atoms with van der Waals surface area (Å²) in [6.45, 7) is 1.91. The second-order valence-corrected chi connectivity index (χ2v) is 5.83. The summed E-state index contributed by atoms with van der Waals surface area (Å²) in [5, 5.41) is 4.29. The monoisotopic (exact) mass is 267 g/mol. The summed E-state index contributed by atoms with van der Waals surface area (Å²) in [6, 6.07) is 6.01. The number of hydrogen-bond donors (Lipinski definition) is 1. The van der Waals surface area contributed by atoms with Crippen LogP contribution in [0.2, 0.25) is 0 Å². The highest BCUT2D eigenvalue weighted by Gasteiger charge is 2.15. The summed E-state index contributed by atoms with van der Waals surface area (Å²) >= 11 is 2.08. The Morgan fingerprint density at radius 3 is 2.89 bits per heavy atom. The molecule has 18 heavy (non-hydrogen) atoms. The van der Waals surface area contributed by atoms with Crippen LogP contribution in [0.1, 0.15) is 18.4 Å². The lowest BCUT2D eigenvalue weighted by atomic mass is 10.1. The van der Waals surface area contributed by atoms with Crippen molar-refractivity contribution in [3.8, 4) is 11.5 Å². The minimum absolute atomic E-state index is 0.779. The van der Waals surface area contributed by atoms with Crippen LogP contribution < -0.4 is 14.8 Å². The van der Waals surface area contributed by atoms with Gasteiger partial charge in [-0.15, -0.1) is 0 Å².